The first-order valence-electron chi connectivity index (χ1n) is 3.27. The molecule has 0 amide bonds. The van der Waals surface area contributed by atoms with Gasteiger partial charge in [-0.2, -0.15) is 0 Å². The number of alkyl halides is 2. The molecule has 10 heavy (non-hydrogen) atoms. The van der Waals surface area contributed by atoms with Crippen molar-refractivity contribution in [2.45, 2.75) is 23.4 Å². The molecule has 0 aromatic carbocycles. The minimum atomic E-state index is -1.99. The summed E-state index contributed by atoms with van der Waals surface area (Å²) < 4.78 is -0.354. The number of aliphatic hydroxyl groups is 1. The normalized spacial score (nSPS) is 30.1. The van der Waals surface area contributed by atoms with Gasteiger partial charge in [-0.1, -0.05) is 0 Å². The van der Waals surface area contributed by atoms with E-state index >= 15 is 0 Å². The molecule has 1 heterocycles. The van der Waals surface area contributed by atoms with Gasteiger partial charge in [-0.3, -0.25) is 0 Å². The van der Waals surface area contributed by atoms with E-state index in [1.165, 1.54) is 0 Å². The number of halogens is 1. The molecular weight excluding hydrogens is 247 g/mol. The summed E-state index contributed by atoms with van der Waals surface area (Å²) in [7, 11) is 0. The minimum absolute atomic E-state index is 0.449. The standard InChI is InChI=1S/C6H11IO3/c8-5-3-1-2-4-7(5)6(9)10/h5,8H,1-4H2,(H,9,10). The average Bonchev–Trinajstić information content (AvgIpc) is 1.88. The molecule has 60 valence electrons. The molecule has 1 rings (SSSR count). The van der Waals surface area contributed by atoms with Gasteiger partial charge in [-0.05, 0) is 0 Å². The van der Waals surface area contributed by atoms with Crippen LogP contribution < -0.4 is 0 Å². The molecule has 0 bridgehead atoms. The van der Waals surface area contributed by atoms with E-state index in [4.69, 9.17) is 5.11 Å². The van der Waals surface area contributed by atoms with Gasteiger partial charge in [0, 0.05) is 0 Å². The van der Waals surface area contributed by atoms with E-state index in [1.807, 2.05) is 0 Å². The molecule has 1 atom stereocenters. The summed E-state index contributed by atoms with van der Waals surface area (Å²) in [5, 5.41) is 17.8. The first-order valence-corrected chi connectivity index (χ1v) is 7.12. The van der Waals surface area contributed by atoms with E-state index in [-0.39, 0.29) is 0 Å². The van der Waals surface area contributed by atoms with Gasteiger partial charge in [0.2, 0.25) is 0 Å². The van der Waals surface area contributed by atoms with E-state index in [1.54, 1.807) is 0 Å². The van der Waals surface area contributed by atoms with Gasteiger partial charge in [0.15, 0.2) is 0 Å². The van der Waals surface area contributed by atoms with E-state index < -0.39 is 27.9 Å². The Morgan fingerprint density at radius 1 is 1.50 bits per heavy atom. The summed E-state index contributed by atoms with van der Waals surface area (Å²) >= 11 is -1.99. The Balaban J connectivity index is 2.47. The van der Waals surface area contributed by atoms with Crippen LogP contribution >= 0.6 is 19.8 Å². The van der Waals surface area contributed by atoms with Gasteiger partial charge in [-0.25, -0.2) is 0 Å². The van der Waals surface area contributed by atoms with Crippen molar-refractivity contribution < 1.29 is 15.0 Å². The van der Waals surface area contributed by atoms with Crippen LogP contribution in [0, 0.1) is 0 Å². The monoisotopic (exact) mass is 258 g/mol. The van der Waals surface area contributed by atoms with E-state index in [0.717, 1.165) is 23.7 Å². The molecule has 4 heteroatoms. The van der Waals surface area contributed by atoms with Crippen molar-refractivity contribution in [3.8, 4) is 0 Å². The van der Waals surface area contributed by atoms with Crippen LogP contribution in [0.5, 0.6) is 0 Å². The molecule has 1 unspecified atom stereocenters. The molecular formula is C6H11IO3. The fraction of sp³-hybridized carbons (Fsp3) is 0.833. The molecule has 0 aromatic heterocycles. The predicted octanol–water partition coefficient (Wildman–Crippen LogP) is 1.67. The Bertz CT molecular complexity index is 137. The Morgan fingerprint density at radius 3 is 2.60 bits per heavy atom. The summed E-state index contributed by atoms with van der Waals surface area (Å²) in [6.45, 7) is 0. The zero-order valence-electron chi connectivity index (χ0n) is 5.59. The number of hydrogen-bond acceptors (Lipinski definition) is 2. The molecule has 2 N–H and O–H groups in total. The Morgan fingerprint density at radius 2 is 2.20 bits per heavy atom. The molecule has 3 nitrogen and oxygen atoms in total. The summed E-state index contributed by atoms with van der Waals surface area (Å²) in [6.07, 6.45) is 2.73. The summed E-state index contributed by atoms with van der Waals surface area (Å²) in [4.78, 5) is 10.5. The molecule has 0 aliphatic carbocycles. The van der Waals surface area contributed by atoms with E-state index in [0.29, 0.717) is 0 Å². The van der Waals surface area contributed by atoms with Crippen LogP contribution in [0.4, 0.5) is 4.79 Å². The number of hydrogen-bond donors (Lipinski definition) is 2. The number of rotatable bonds is 1. The van der Waals surface area contributed by atoms with Crippen molar-refractivity contribution in [2.24, 2.45) is 0 Å². The number of aliphatic hydroxyl groups excluding tert-OH is 1. The van der Waals surface area contributed by atoms with Crippen LogP contribution in [0.2, 0.25) is 0 Å². The van der Waals surface area contributed by atoms with Gasteiger partial charge in [-0.15, -0.1) is 0 Å². The maximum atomic E-state index is 10.5. The van der Waals surface area contributed by atoms with Gasteiger partial charge in [0.25, 0.3) is 0 Å². The molecule has 1 aliphatic rings. The Hall–Kier alpha value is 0.160. The van der Waals surface area contributed by atoms with Crippen molar-refractivity contribution in [1.29, 1.82) is 0 Å². The molecule has 1 saturated heterocycles. The van der Waals surface area contributed by atoms with Crippen LogP contribution in [0.1, 0.15) is 19.3 Å². The van der Waals surface area contributed by atoms with Crippen LogP contribution in [-0.4, -0.2) is 22.7 Å². The van der Waals surface area contributed by atoms with E-state index in [9.17, 15) is 9.90 Å². The maximum absolute atomic E-state index is 10.5. The van der Waals surface area contributed by atoms with Crippen molar-refractivity contribution in [3.63, 3.8) is 0 Å². The molecule has 0 radical (unpaired) electrons. The topological polar surface area (TPSA) is 57.5 Å². The van der Waals surface area contributed by atoms with Gasteiger partial charge in [0.1, 0.15) is 0 Å². The van der Waals surface area contributed by atoms with Gasteiger partial charge >= 0.3 is 66.6 Å². The van der Waals surface area contributed by atoms with Crippen molar-refractivity contribution >= 4 is 23.8 Å². The third kappa shape index (κ3) is 1.82. The quantitative estimate of drug-likeness (QED) is 0.427. The third-order valence-electron chi connectivity index (χ3n) is 1.54. The molecule has 0 saturated carbocycles. The fourth-order valence-electron chi connectivity index (χ4n) is 0.997. The van der Waals surface area contributed by atoms with Crippen LogP contribution in [0.25, 0.3) is 0 Å². The molecule has 1 fully saturated rings. The average molecular weight is 258 g/mol. The molecule has 0 spiro atoms. The van der Waals surface area contributed by atoms with Crippen molar-refractivity contribution in [3.05, 3.63) is 0 Å². The van der Waals surface area contributed by atoms with Crippen molar-refractivity contribution in [2.75, 3.05) is 4.43 Å². The second-order valence-electron chi connectivity index (χ2n) is 2.27. The molecule has 1 aliphatic heterocycles. The van der Waals surface area contributed by atoms with Crippen LogP contribution in [0.15, 0.2) is 0 Å². The SMILES string of the molecule is O=C(O)I1CCCCC1O. The number of carboxylic acid groups (broad SMARTS) is 1. The summed E-state index contributed by atoms with van der Waals surface area (Å²) in [5.41, 5.74) is 0. The number of carbonyl (C=O) groups is 1. The fourth-order valence-corrected chi connectivity index (χ4v) is 5.35. The Kier molecular flexibility index (Phi) is 2.91. The predicted molar refractivity (Wildman–Crippen MR) is 46.8 cm³/mol. The van der Waals surface area contributed by atoms with Gasteiger partial charge < -0.3 is 0 Å². The van der Waals surface area contributed by atoms with Crippen molar-refractivity contribution in [1.82, 2.24) is 0 Å². The second-order valence-corrected chi connectivity index (χ2v) is 7.98. The van der Waals surface area contributed by atoms with Crippen LogP contribution in [0.3, 0.4) is 0 Å². The molecule has 0 aromatic rings. The Labute approximate surface area is 66.8 Å². The second kappa shape index (κ2) is 3.52. The van der Waals surface area contributed by atoms with Gasteiger partial charge in [0.05, 0.1) is 0 Å². The zero-order valence-corrected chi connectivity index (χ0v) is 7.74. The third-order valence-corrected chi connectivity index (χ3v) is 7.01. The first-order chi connectivity index (χ1) is 4.72. The summed E-state index contributed by atoms with van der Waals surface area (Å²) in [5.74, 6) is 0. The van der Waals surface area contributed by atoms with Crippen LogP contribution in [-0.2, 0) is 0 Å². The summed E-state index contributed by atoms with van der Waals surface area (Å²) in [6, 6.07) is 0. The van der Waals surface area contributed by atoms with E-state index in [2.05, 4.69) is 0 Å². The zero-order chi connectivity index (χ0) is 7.56. The first kappa shape index (κ1) is 8.26.